The summed E-state index contributed by atoms with van der Waals surface area (Å²) in [5, 5.41) is 0. The molecule has 0 N–H and O–H groups in total. The molecule has 0 aromatic carbocycles. The first kappa shape index (κ1) is 10.1. The number of amides is 1. The van der Waals surface area contributed by atoms with Crippen LogP contribution in [0.3, 0.4) is 0 Å². The molecular weight excluding hydrogens is 188 g/mol. The minimum Gasteiger partial charge on any atom is -0.343 e. The summed E-state index contributed by atoms with van der Waals surface area (Å²) in [6, 6.07) is 6.04. The lowest BCUT2D eigenvalue weighted by Crippen LogP contribution is -2.36. The summed E-state index contributed by atoms with van der Waals surface area (Å²) in [5.41, 5.74) is 1.17. The van der Waals surface area contributed by atoms with E-state index in [-0.39, 0.29) is 5.91 Å². The van der Waals surface area contributed by atoms with Crippen LogP contribution >= 0.6 is 0 Å². The first-order chi connectivity index (χ1) is 7.27. The van der Waals surface area contributed by atoms with Crippen LogP contribution in [-0.4, -0.2) is 28.9 Å². The minimum absolute atomic E-state index is 0.189. The SMILES string of the molecule is CC(=O)N1CCC(c2ccccn2)CC1. The van der Waals surface area contributed by atoms with Crippen molar-refractivity contribution < 1.29 is 4.79 Å². The molecule has 0 atom stereocenters. The van der Waals surface area contributed by atoms with E-state index in [0.717, 1.165) is 25.9 Å². The maximum Gasteiger partial charge on any atom is 0.219 e. The molecule has 3 heteroatoms. The predicted octanol–water partition coefficient (Wildman–Crippen LogP) is 1.81. The van der Waals surface area contributed by atoms with Gasteiger partial charge in [0.2, 0.25) is 5.91 Å². The maximum absolute atomic E-state index is 11.2. The molecule has 0 radical (unpaired) electrons. The lowest BCUT2D eigenvalue weighted by molar-refractivity contribution is -0.129. The summed E-state index contributed by atoms with van der Waals surface area (Å²) in [7, 11) is 0. The summed E-state index contributed by atoms with van der Waals surface area (Å²) < 4.78 is 0. The van der Waals surface area contributed by atoms with E-state index in [1.807, 2.05) is 23.2 Å². The third-order valence-corrected chi connectivity index (χ3v) is 3.05. The van der Waals surface area contributed by atoms with Gasteiger partial charge in [0.15, 0.2) is 0 Å². The highest BCUT2D eigenvalue weighted by Gasteiger charge is 2.22. The van der Waals surface area contributed by atoms with Gasteiger partial charge < -0.3 is 4.90 Å². The van der Waals surface area contributed by atoms with Crippen molar-refractivity contribution in [1.29, 1.82) is 0 Å². The molecule has 1 amide bonds. The van der Waals surface area contributed by atoms with E-state index in [2.05, 4.69) is 11.1 Å². The van der Waals surface area contributed by atoms with Gasteiger partial charge >= 0.3 is 0 Å². The zero-order chi connectivity index (χ0) is 10.7. The lowest BCUT2D eigenvalue weighted by atomic mass is 9.93. The quantitative estimate of drug-likeness (QED) is 0.699. The normalized spacial score (nSPS) is 17.8. The van der Waals surface area contributed by atoms with E-state index in [1.165, 1.54) is 5.69 Å². The molecule has 1 fully saturated rings. The van der Waals surface area contributed by atoms with Gasteiger partial charge in [-0.05, 0) is 25.0 Å². The Hall–Kier alpha value is -1.38. The van der Waals surface area contributed by atoms with Crippen LogP contribution in [0.25, 0.3) is 0 Å². The third-order valence-electron chi connectivity index (χ3n) is 3.05. The number of likely N-dealkylation sites (tertiary alicyclic amines) is 1. The highest BCUT2D eigenvalue weighted by Crippen LogP contribution is 2.26. The van der Waals surface area contributed by atoms with E-state index in [0.29, 0.717) is 5.92 Å². The first-order valence-electron chi connectivity index (χ1n) is 5.44. The number of rotatable bonds is 1. The Morgan fingerprint density at radius 2 is 2.13 bits per heavy atom. The van der Waals surface area contributed by atoms with E-state index in [1.54, 1.807) is 6.92 Å². The van der Waals surface area contributed by atoms with Crippen LogP contribution in [0.15, 0.2) is 24.4 Å². The number of hydrogen-bond donors (Lipinski definition) is 0. The number of carbonyl (C=O) groups is 1. The Balaban J connectivity index is 1.97. The molecule has 1 aliphatic heterocycles. The van der Waals surface area contributed by atoms with E-state index in [4.69, 9.17) is 0 Å². The van der Waals surface area contributed by atoms with Crippen LogP contribution in [0.2, 0.25) is 0 Å². The Morgan fingerprint density at radius 3 is 2.67 bits per heavy atom. The van der Waals surface area contributed by atoms with E-state index < -0.39 is 0 Å². The van der Waals surface area contributed by atoms with Crippen molar-refractivity contribution in [3.05, 3.63) is 30.1 Å². The average molecular weight is 204 g/mol. The van der Waals surface area contributed by atoms with Gasteiger partial charge in [-0.3, -0.25) is 9.78 Å². The van der Waals surface area contributed by atoms with Crippen LogP contribution < -0.4 is 0 Å². The summed E-state index contributed by atoms with van der Waals surface area (Å²) in [6.07, 6.45) is 3.92. The van der Waals surface area contributed by atoms with Gasteiger partial charge in [0.1, 0.15) is 0 Å². The molecule has 1 aromatic heterocycles. The van der Waals surface area contributed by atoms with Crippen LogP contribution in [0.4, 0.5) is 0 Å². The molecule has 15 heavy (non-hydrogen) atoms. The zero-order valence-corrected chi connectivity index (χ0v) is 9.02. The Morgan fingerprint density at radius 1 is 1.40 bits per heavy atom. The number of piperidine rings is 1. The Labute approximate surface area is 90.1 Å². The molecular formula is C12H16N2O. The molecule has 0 bridgehead atoms. The zero-order valence-electron chi connectivity index (χ0n) is 9.02. The second kappa shape index (κ2) is 4.43. The van der Waals surface area contributed by atoms with Crippen molar-refractivity contribution in [3.8, 4) is 0 Å². The maximum atomic E-state index is 11.2. The van der Waals surface area contributed by atoms with E-state index >= 15 is 0 Å². The fourth-order valence-electron chi connectivity index (χ4n) is 2.11. The van der Waals surface area contributed by atoms with Gasteiger partial charge in [-0.15, -0.1) is 0 Å². The standard InChI is InChI=1S/C12H16N2O/c1-10(15)14-8-5-11(6-9-14)12-4-2-3-7-13-12/h2-4,7,11H,5-6,8-9H2,1H3. The fraction of sp³-hybridized carbons (Fsp3) is 0.500. The van der Waals surface area contributed by atoms with Gasteiger partial charge in [-0.25, -0.2) is 0 Å². The highest BCUT2D eigenvalue weighted by molar-refractivity contribution is 5.73. The van der Waals surface area contributed by atoms with Crippen molar-refractivity contribution in [3.63, 3.8) is 0 Å². The molecule has 0 aliphatic carbocycles. The largest absolute Gasteiger partial charge is 0.343 e. The smallest absolute Gasteiger partial charge is 0.219 e. The van der Waals surface area contributed by atoms with Gasteiger partial charge in [0, 0.05) is 37.8 Å². The number of pyridine rings is 1. The van der Waals surface area contributed by atoms with Crippen molar-refractivity contribution in [2.45, 2.75) is 25.7 Å². The molecule has 3 nitrogen and oxygen atoms in total. The van der Waals surface area contributed by atoms with Gasteiger partial charge in [0.25, 0.3) is 0 Å². The number of hydrogen-bond acceptors (Lipinski definition) is 2. The van der Waals surface area contributed by atoms with Gasteiger partial charge in [-0.2, -0.15) is 0 Å². The lowest BCUT2D eigenvalue weighted by Gasteiger charge is -2.30. The second-order valence-electron chi connectivity index (χ2n) is 4.03. The summed E-state index contributed by atoms with van der Waals surface area (Å²) in [5.74, 6) is 0.719. The third kappa shape index (κ3) is 2.35. The highest BCUT2D eigenvalue weighted by atomic mass is 16.2. The van der Waals surface area contributed by atoms with Gasteiger partial charge in [-0.1, -0.05) is 6.07 Å². The summed E-state index contributed by atoms with van der Waals surface area (Å²) in [4.78, 5) is 17.4. The molecule has 2 heterocycles. The van der Waals surface area contributed by atoms with Crippen molar-refractivity contribution >= 4 is 5.91 Å². The monoisotopic (exact) mass is 204 g/mol. The molecule has 0 unspecified atom stereocenters. The van der Waals surface area contributed by atoms with Gasteiger partial charge in [0.05, 0.1) is 0 Å². The topological polar surface area (TPSA) is 33.2 Å². The minimum atomic E-state index is 0.189. The molecule has 0 saturated carbocycles. The molecule has 1 aromatic rings. The van der Waals surface area contributed by atoms with Crippen LogP contribution in [-0.2, 0) is 4.79 Å². The fourth-order valence-corrected chi connectivity index (χ4v) is 2.11. The molecule has 80 valence electrons. The molecule has 1 aliphatic rings. The predicted molar refractivity (Wildman–Crippen MR) is 58.5 cm³/mol. The molecule has 0 spiro atoms. The summed E-state index contributed by atoms with van der Waals surface area (Å²) in [6.45, 7) is 3.38. The number of nitrogens with zero attached hydrogens (tertiary/aromatic N) is 2. The van der Waals surface area contributed by atoms with Crippen molar-refractivity contribution in [1.82, 2.24) is 9.88 Å². The van der Waals surface area contributed by atoms with Crippen molar-refractivity contribution in [2.75, 3.05) is 13.1 Å². The second-order valence-corrected chi connectivity index (χ2v) is 4.03. The van der Waals surface area contributed by atoms with E-state index in [9.17, 15) is 4.79 Å². The molecule has 1 saturated heterocycles. The van der Waals surface area contributed by atoms with Crippen molar-refractivity contribution in [2.24, 2.45) is 0 Å². The number of aromatic nitrogens is 1. The average Bonchev–Trinajstić information content (AvgIpc) is 2.30. The summed E-state index contributed by atoms with van der Waals surface area (Å²) >= 11 is 0. The van der Waals surface area contributed by atoms with Crippen LogP contribution in [0, 0.1) is 0 Å². The Bertz CT molecular complexity index is 329. The number of carbonyl (C=O) groups excluding carboxylic acids is 1. The van der Waals surface area contributed by atoms with Crippen LogP contribution in [0.1, 0.15) is 31.4 Å². The molecule has 2 rings (SSSR count). The van der Waals surface area contributed by atoms with Crippen LogP contribution in [0.5, 0.6) is 0 Å². The Kier molecular flexibility index (Phi) is 2.99. The first-order valence-corrected chi connectivity index (χ1v) is 5.44.